The molecule has 1 aliphatic rings. The Bertz CT molecular complexity index is 760. The highest BCUT2D eigenvalue weighted by Gasteiger charge is 2.25. The fourth-order valence-corrected chi connectivity index (χ4v) is 4.09. The molecule has 0 spiro atoms. The molecule has 0 unspecified atom stereocenters. The van der Waals surface area contributed by atoms with Crippen LogP contribution in [-0.2, 0) is 0 Å². The number of nitrogens with one attached hydrogen (secondary N) is 1. The average molecular weight is 358 g/mol. The van der Waals surface area contributed by atoms with Gasteiger partial charge in [0.25, 0.3) is 5.91 Å². The predicted molar refractivity (Wildman–Crippen MR) is 101 cm³/mol. The Balaban J connectivity index is 1.94. The van der Waals surface area contributed by atoms with E-state index in [9.17, 15) is 9.59 Å². The first-order valence-corrected chi connectivity index (χ1v) is 9.17. The number of primary amides is 1. The van der Waals surface area contributed by atoms with Crippen molar-refractivity contribution in [1.82, 2.24) is 4.90 Å². The van der Waals surface area contributed by atoms with Crippen molar-refractivity contribution in [2.24, 2.45) is 11.5 Å². The van der Waals surface area contributed by atoms with E-state index in [1.165, 1.54) is 11.3 Å². The number of anilines is 1. The molecule has 1 fully saturated rings. The summed E-state index contributed by atoms with van der Waals surface area (Å²) in [6.45, 7) is 1.21. The summed E-state index contributed by atoms with van der Waals surface area (Å²) in [4.78, 5) is 27.1. The van der Waals surface area contributed by atoms with Crippen molar-refractivity contribution < 1.29 is 9.59 Å². The molecular formula is C18H22N4O2S. The SMILES string of the molecule is NC(=O)Nc1sc(-c2ccccc2)cc1C(=O)N1CCCC[C@@H](N)C1. The molecule has 0 bridgehead atoms. The molecule has 5 N–H and O–H groups in total. The lowest BCUT2D eigenvalue weighted by Crippen LogP contribution is -2.39. The topological polar surface area (TPSA) is 101 Å². The fraction of sp³-hybridized carbons (Fsp3) is 0.333. The quantitative estimate of drug-likeness (QED) is 0.786. The van der Waals surface area contributed by atoms with Gasteiger partial charge in [-0.3, -0.25) is 10.1 Å². The summed E-state index contributed by atoms with van der Waals surface area (Å²) >= 11 is 1.35. The molecule has 1 aliphatic heterocycles. The van der Waals surface area contributed by atoms with Gasteiger partial charge in [-0.05, 0) is 24.5 Å². The summed E-state index contributed by atoms with van der Waals surface area (Å²) in [7, 11) is 0. The molecule has 1 aromatic carbocycles. The normalized spacial score (nSPS) is 17.8. The summed E-state index contributed by atoms with van der Waals surface area (Å²) < 4.78 is 0. The summed E-state index contributed by atoms with van der Waals surface area (Å²) in [6.07, 6.45) is 2.89. The molecule has 0 aliphatic carbocycles. The first-order chi connectivity index (χ1) is 12.0. The van der Waals surface area contributed by atoms with Crippen molar-refractivity contribution in [2.75, 3.05) is 18.4 Å². The Morgan fingerprint density at radius 2 is 1.96 bits per heavy atom. The highest BCUT2D eigenvalue weighted by Crippen LogP contribution is 2.36. The number of benzene rings is 1. The molecule has 132 valence electrons. The van der Waals surface area contributed by atoms with E-state index >= 15 is 0 Å². The van der Waals surface area contributed by atoms with Gasteiger partial charge in [-0.2, -0.15) is 0 Å². The first kappa shape index (κ1) is 17.4. The van der Waals surface area contributed by atoms with Crippen molar-refractivity contribution in [3.8, 4) is 10.4 Å². The second kappa shape index (κ2) is 7.67. The zero-order valence-corrected chi connectivity index (χ0v) is 14.7. The maximum absolute atomic E-state index is 13.0. The second-order valence-corrected chi connectivity index (χ2v) is 7.27. The Labute approximate surface area is 150 Å². The molecule has 2 aromatic rings. The van der Waals surface area contributed by atoms with E-state index < -0.39 is 6.03 Å². The van der Waals surface area contributed by atoms with Crippen LogP contribution in [0.1, 0.15) is 29.6 Å². The van der Waals surface area contributed by atoms with Gasteiger partial charge in [-0.15, -0.1) is 11.3 Å². The lowest BCUT2D eigenvalue weighted by molar-refractivity contribution is 0.0756. The van der Waals surface area contributed by atoms with Gasteiger partial charge in [0.2, 0.25) is 0 Å². The van der Waals surface area contributed by atoms with E-state index in [4.69, 9.17) is 11.5 Å². The molecule has 1 saturated heterocycles. The van der Waals surface area contributed by atoms with Gasteiger partial charge in [0.1, 0.15) is 5.00 Å². The number of urea groups is 1. The van der Waals surface area contributed by atoms with E-state index in [2.05, 4.69) is 5.32 Å². The number of hydrogen-bond donors (Lipinski definition) is 3. The highest BCUT2D eigenvalue weighted by molar-refractivity contribution is 7.20. The zero-order valence-electron chi connectivity index (χ0n) is 13.9. The number of likely N-dealkylation sites (tertiary alicyclic amines) is 1. The van der Waals surface area contributed by atoms with Crippen molar-refractivity contribution in [1.29, 1.82) is 0 Å². The van der Waals surface area contributed by atoms with Crippen LogP contribution in [0.2, 0.25) is 0 Å². The molecule has 3 rings (SSSR count). The Hall–Kier alpha value is -2.38. The van der Waals surface area contributed by atoms with Gasteiger partial charge >= 0.3 is 6.03 Å². The second-order valence-electron chi connectivity index (χ2n) is 6.22. The van der Waals surface area contributed by atoms with Gasteiger partial charge in [-0.1, -0.05) is 36.8 Å². The van der Waals surface area contributed by atoms with Crippen LogP contribution in [0.5, 0.6) is 0 Å². The van der Waals surface area contributed by atoms with E-state index in [-0.39, 0.29) is 11.9 Å². The van der Waals surface area contributed by atoms with Crippen LogP contribution in [0.15, 0.2) is 36.4 Å². The van der Waals surface area contributed by atoms with Crippen molar-refractivity contribution in [2.45, 2.75) is 25.3 Å². The molecule has 6 nitrogen and oxygen atoms in total. The van der Waals surface area contributed by atoms with Crippen LogP contribution in [0.3, 0.4) is 0 Å². The van der Waals surface area contributed by atoms with E-state index in [1.54, 1.807) is 4.90 Å². The number of carbonyl (C=O) groups excluding carboxylic acids is 2. The number of rotatable bonds is 3. The third-order valence-corrected chi connectivity index (χ3v) is 5.35. The lowest BCUT2D eigenvalue weighted by atomic mass is 10.1. The standard InChI is InChI=1S/C18H22N4O2S/c19-13-8-4-5-9-22(11-13)17(23)14-10-15(12-6-2-1-3-7-12)25-16(14)21-18(20)24/h1-3,6-7,10,13H,4-5,8-9,11,19H2,(H3,20,21,24)/t13-/m1/s1. The summed E-state index contributed by atoms with van der Waals surface area (Å²) in [5.41, 5.74) is 12.8. The number of hydrogen-bond acceptors (Lipinski definition) is 4. The largest absolute Gasteiger partial charge is 0.351 e. The summed E-state index contributed by atoms with van der Waals surface area (Å²) in [5.74, 6) is -0.112. The van der Waals surface area contributed by atoms with E-state index in [1.807, 2.05) is 36.4 Å². The predicted octanol–water partition coefficient (Wildman–Crippen LogP) is 2.86. The summed E-state index contributed by atoms with van der Waals surface area (Å²) in [6, 6.07) is 10.9. The van der Waals surface area contributed by atoms with Gasteiger partial charge in [0.05, 0.1) is 5.56 Å². The average Bonchev–Trinajstić information content (AvgIpc) is 2.87. The molecule has 0 saturated carbocycles. The minimum atomic E-state index is -0.678. The number of thiophene rings is 1. The summed E-state index contributed by atoms with van der Waals surface area (Å²) in [5, 5.41) is 3.07. The number of amides is 3. The van der Waals surface area contributed by atoms with Crippen molar-refractivity contribution in [3.05, 3.63) is 42.0 Å². The van der Waals surface area contributed by atoms with Crippen LogP contribution in [-0.4, -0.2) is 36.0 Å². The third-order valence-electron chi connectivity index (χ3n) is 4.25. The number of carbonyl (C=O) groups is 2. The molecule has 2 heterocycles. The smallest absolute Gasteiger partial charge is 0.317 e. The van der Waals surface area contributed by atoms with Crippen LogP contribution in [0.25, 0.3) is 10.4 Å². The van der Waals surface area contributed by atoms with Crippen molar-refractivity contribution >= 4 is 28.3 Å². The third kappa shape index (κ3) is 4.18. The molecule has 3 amide bonds. The van der Waals surface area contributed by atoms with Gasteiger partial charge in [0, 0.05) is 24.0 Å². The monoisotopic (exact) mass is 358 g/mol. The Morgan fingerprint density at radius 3 is 2.68 bits per heavy atom. The fourth-order valence-electron chi connectivity index (χ4n) is 3.03. The minimum Gasteiger partial charge on any atom is -0.351 e. The minimum absolute atomic E-state index is 0.00812. The van der Waals surface area contributed by atoms with Gasteiger partial charge < -0.3 is 16.4 Å². The van der Waals surface area contributed by atoms with Gasteiger partial charge in [-0.25, -0.2) is 4.79 Å². The lowest BCUT2D eigenvalue weighted by Gasteiger charge is -2.22. The Kier molecular flexibility index (Phi) is 5.35. The number of nitrogens with zero attached hydrogens (tertiary/aromatic N) is 1. The Morgan fingerprint density at radius 1 is 1.20 bits per heavy atom. The molecule has 1 atom stereocenters. The van der Waals surface area contributed by atoms with Crippen LogP contribution in [0, 0.1) is 0 Å². The molecule has 25 heavy (non-hydrogen) atoms. The highest BCUT2D eigenvalue weighted by atomic mass is 32.1. The zero-order chi connectivity index (χ0) is 17.8. The maximum atomic E-state index is 13.0. The van der Waals surface area contributed by atoms with E-state index in [0.717, 1.165) is 29.7 Å². The van der Waals surface area contributed by atoms with Gasteiger partial charge in [0.15, 0.2) is 0 Å². The van der Waals surface area contributed by atoms with E-state index in [0.29, 0.717) is 23.7 Å². The molecular weight excluding hydrogens is 336 g/mol. The molecule has 1 aromatic heterocycles. The molecule has 7 heteroatoms. The van der Waals surface area contributed by atoms with Crippen molar-refractivity contribution in [3.63, 3.8) is 0 Å². The van der Waals surface area contributed by atoms with Crippen LogP contribution in [0.4, 0.5) is 9.80 Å². The maximum Gasteiger partial charge on any atom is 0.317 e. The number of nitrogens with two attached hydrogens (primary N) is 2. The van der Waals surface area contributed by atoms with Crippen LogP contribution >= 0.6 is 11.3 Å². The van der Waals surface area contributed by atoms with Crippen LogP contribution < -0.4 is 16.8 Å². The first-order valence-electron chi connectivity index (χ1n) is 8.35. The molecule has 0 radical (unpaired) electrons.